The lowest BCUT2D eigenvalue weighted by Crippen LogP contribution is -2.12. The Morgan fingerprint density at radius 1 is 1.30 bits per heavy atom. The zero-order valence-electron chi connectivity index (χ0n) is 7.14. The van der Waals surface area contributed by atoms with Gasteiger partial charge in [-0.25, -0.2) is 0 Å². The van der Waals surface area contributed by atoms with E-state index in [-0.39, 0.29) is 0 Å². The van der Waals surface area contributed by atoms with Crippen molar-refractivity contribution in [2.75, 3.05) is 0 Å². The number of rotatable bonds is 2. The Morgan fingerprint density at radius 3 is 2.60 bits per heavy atom. The standard InChI is InChI=1S/C10H18/c1-3-6-10-8-5-4-7-9(10)2/h4-5,9-10H,3,6-8H2,1-2H3. The van der Waals surface area contributed by atoms with Crippen molar-refractivity contribution in [3.8, 4) is 0 Å². The molecule has 0 aromatic rings. The molecule has 0 nitrogen and oxygen atoms in total. The smallest absolute Gasteiger partial charge is 0.0320 e. The zero-order chi connectivity index (χ0) is 7.40. The van der Waals surface area contributed by atoms with Crippen molar-refractivity contribution in [2.45, 2.75) is 39.5 Å². The lowest BCUT2D eigenvalue weighted by molar-refractivity contribution is 0.325. The number of allylic oxidation sites excluding steroid dienone is 2. The molecule has 0 spiro atoms. The first-order valence-corrected chi connectivity index (χ1v) is 4.49. The minimum atomic E-state index is 0.935. The van der Waals surface area contributed by atoms with Crippen LogP contribution in [0.4, 0.5) is 0 Å². The monoisotopic (exact) mass is 138 g/mol. The van der Waals surface area contributed by atoms with Gasteiger partial charge in [-0.05, 0) is 24.7 Å². The molecule has 0 heteroatoms. The average Bonchev–Trinajstić information content (AvgIpc) is 1.94. The number of hydrogen-bond acceptors (Lipinski definition) is 0. The number of hydrogen-bond donors (Lipinski definition) is 0. The lowest BCUT2D eigenvalue weighted by Gasteiger charge is -2.24. The minimum Gasteiger partial charge on any atom is -0.0883 e. The summed E-state index contributed by atoms with van der Waals surface area (Å²) in [7, 11) is 0. The van der Waals surface area contributed by atoms with Crippen molar-refractivity contribution in [3.05, 3.63) is 12.2 Å². The maximum absolute atomic E-state index is 2.38. The maximum Gasteiger partial charge on any atom is -0.0320 e. The molecule has 0 bridgehead atoms. The molecule has 1 aliphatic rings. The van der Waals surface area contributed by atoms with Gasteiger partial charge in [-0.1, -0.05) is 38.8 Å². The van der Waals surface area contributed by atoms with Gasteiger partial charge in [0, 0.05) is 0 Å². The summed E-state index contributed by atoms with van der Waals surface area (Å²) in [6.45, 7) is 4.66. The van der Waals surface area contributed by atoms with Gasteiger partial charge in [-0.3, -0.25) is 0 Å². The van der Waals surface area contributed by atoms with Crippen LogP contribution in [-0.2, 0) is 0 Å². The molecule has 2 atom stereocenters. The molecule has 0 saturated carbocycles. The summed E-state index contributed by atoms with van der Waals surface area (Å²) in [5.74, 6) is 1.92. The second kappa shape index (κ2) is 3.80. The Kier molecular flexibility index (Phi) is 2.98. The van der Waals surface area contributed by atoms with Crippen molar-refractivity contribution in [1.29, 1.82) is 0 Å². The van der Waals surface area contributed by atoms with Crippen molar-refractivity contribution in [1.82, 2.24) is 0 Å². The summed E-state index contributed by atoms with van der Waals surface area (Å²) in [6.07, 6.45) is 10.1. The Labute approximate surface area is 64.3 Å². The van der Waals surface area contributed by atoms with Crippen molar-refractivity contribution in [3.63, 3.8) is 0 Å². The second-order valence-corrected chi connectivity index (χ2v) is 3.47. The third-order valence-electron chi connectivity index (χ3n) is 2.58. The van der Waals surface area contributed by atoms with E-state index in [2.05, 4.69) is 26.0 Å². The first kappa shape index (κ1) is 7.84. The molecule has 1 aliphatic carbocycles. The topological polar surface area (TPSA) is 0 Å². The predicted octanol–water partition coefficient (Wildman–Crippen LogP) is 3.39. The summed E-state index contributed by atoms with van der Waals surface area (Å²) in [5, 5.41) is 0. The highest BCUT2D eigenvalue weighted by molar-refractivity contribution is 4.92. The van der Waals surface area contributed by atoms with E-state index in [0.29, 0.717) is 0 Å². The maximum atomic E-state index is 2.38. The van der Waals surface area contributed by atoms with E-state index < -0.39 is 0 Å². The van der Waals surface area contributed by atoms with Gasteiger partial charge in [0.25, 0.3) is 0 Å². The van der Waals surface area contributed by atoms with Crippen molar-refractivity contribution >= 4 is 0 Å². The van der Waals surface area contributed by atoms with Crippen LogP contribution in [0.1, 0.15) is 39.5 Å². The van der Waals surface area contributed by atoms with Crippen LogP contribution >= 0.6 is 0 Å². The quantitative estimate of drug-likeness (QED) is 0.513. The molecular formula is C10H18. The molecule has 0 N–H and O–H groups in total. The van der Waals surface area contributed by atoms with Crippen LogP contribution in [0.5, 0.6) is 0 Å². The van der Waals surface area contributed by atoms with E-state index in [4.69, 9.17) is 0 Å². The normalized spacial score (nSPS) is 32.6. The molecule has 0 aromatic carbocycles. The van der Waals surface area contributed by atoms with Crippen molar-refractivity contribution in [2.24, 2.45) is 11.8 Å². The summed E-state index contributed by atoms with van der Waals surface area (Å²) >= 11 is 0. The molecule has 0 fully saturated rings. The largest absolute Gasteiger partial charge is 0.0883 e. The molecule has 2 unspecified atom stereocenters. The van der Waals surface area contributed by atoms with Crippen LogP contribution in [0.15, 0.2) is 12.2 Å². The van der Waals surface area contributed by atoms with Crippen molar-refractivity contribution < 1.29 is 0 Å². The lowest BCUT2D eigenvalue weighted by atomic mass is 9.82. The van der Waals surface area contributed by atoms with Gasteiger partial charge in [0.1, 0.15) is 0 Å². The Balaban J connectivity index is 2.35. The van der Waals surface area contributed by atoms with Crippen LogP contribution in [0.3, 0.4) is 0 Å². The zero-order valence-corrected chi connectivity index (χ0v) is 7.14. The van der Waals surface area contributed by atoms with E-state index in [1.165, 1.54) is 25.7 Å². The summed E-state index contributed by atoms with van der Waals surface area (Å²) in [4.78, 5) is 0. The van der Waals surface area contributed by atoms with Gasteiger partial charge >= 0.3 is 0 Å². The third-order valence-corrected chi connectivity index (χ3v) is 2.58. The molecule has 0 aromatic heterocycles. The molecule has 58 valence electrons. The first-order valence-electron chi connectivity index (χ1n) is 4.49. The fourth-order valence-corrected chi connectivity index (χ4v) is 1.78. The molecule has 0 heterocycles. The summed E-state index contributed by atoms with van der Waals surface area (Å²) in [5.41, 5.74) is 0. The molecule has 0 radical (unpaired) electrons. The van der Waals surface area contributed by atoms with Crippen LogP contribution in [0, 0.1) is 11.8 Å². The minimum absolute atomic E-state index is 0.935. The highest BCUT2D eigenvalue weighted by atomic mass is 14.2. The van der Waals surface area contributed by atoms with Crippen LogP contribution in [0.2, 0.25) is 0 Å². The molecule has 0 aliphatic heterocycles. The fourth-order valence-electron chi connectivity index (χ4n) is 1.78. The highest BCUT2D eigenvalue weighted by Gasteiger charge is 2.16. The second-order valence-electron chi connectivity index (χ2n) is 3.47. The van der Waals surface area contributed by atoms with Gasteiger partial charge in [0.15, 0.2) is 0 Å². The fraction of sp³-hybridized carbons (Fsp3) is 0.800. The third kappa shape index (κ3) is 1.86. The van der Waals surface area contributed by atoms with Gasteiger partial charge in [-0.15, -0.1) is 0 Å². The SMILES string of the molecule is CCCC1CC=CCC1C. The van der Waals surface area contributed by atoms with Gasteiger partial charge in [0.05, 0.1) is 0 Å². The van der Waals surface area contributed by atoms with E-state index in [1.54, 1.807) is 0 Å². The van der Waals surface area contributed by atoms with Gasteiger partial charge < -0.3 is 0 Å². The molecule has 1 rings (SSSR count). The van der Waals surface area contributed by atoms with Crippen LogP contribution in [-0.4, -0.2) is 0 Å². The Hall–Kier alpha value is -0.260. The van der Waals surface area contributed by atoms with Gasteiger partial charge in [0.2, 0.25) is 0 Å². The Morgan fingerprint density at radius 2 is 2.00 bits per heavy atom. The van der Waals surface area contributed by atoms with Gasteiger partial charge in [-0.2, -0.15) is 0 Å². The Bertz CT molecular complexity index is 113. The van der Waals surface area contributed by atoms with E-state index in [0.717, 1.165) is 11.8 Å². The van der Waals surface area contributed by atoms with E-state index >= 15 is 0 Å². The van der Waals surface area contributed by atoms with Crippen LogP contribution in [0.25, 0.3) is 0 Å². The predicted molar refractivity (Wildman–Crippen MR) is 45.9 cm³/mol. The molecule has 0 amide bonds. The van der Waals surface area contributed by atoms with E-state index in [1.807, 2.05) is 0 Å². The highest BCUT2D eigenvalue weighted by Crippen LogP contribution is 2.28. The average molecular weight is 138 g/mol. The summed E-state index contributed by atoms with van der Waals surface area (Å²) in [6, 6.07) is 0. The van der Waals surface area contributed by atoms with Crippen LogP contribution < -0.4 is 0 Å². The van der Waals surface area contributed by atoms with E-state index in [9.17, 15) is 0 Å². The first-order chi connectivity index (χ1) is 4.84. The molecule has 10 heavy (non-hydrogen) atoms. The molecule has 0 saturated heterocycles. The summed E-state index contributed by atoms with van der Waals surface area (Å²) < 4.78 is 0. The molecular weight excluding hydrogens is 120 g/mol.